The Kier molecular flexibility index (Phi) is 3.78. The van der Waals surface area contributed by atoms with Gasteiger partial charge in [0.2, 0.25) is 0 Å². The molecule has 0 fully saturated rings. The highest BCUT2D eigenvalue weighted by atomic mass is 16.5. The molecule has 82 valence electrons. The van der Waals surface area contributed by atoms with Crippen LogP contribution in [0.5, 0.6) is 0 Å². The van der Waals surface area contributed by atoms with E-state index in [1.807, 2.05) is 6.07 Å². The van der Waals surface area contributed by atoms with Gasteiger partial charge < -0.3 is 4.74 Å². The number of rotatable bonds is 3. The van der Waals surface area contributed by atoms with Crippen LogP contribution >= 0.6 is 0 Å². The van der Waals surface area contributed by atoms with E-state index in [4.69, 9.17) is 5.26 Å². The average molecular weight is 217 g/mol. The maximum atomic E-state index is 11.5. The summed E-state index contributed by atoms with van der Waals surface area (Å²) in [4.78, 5) is 22.7. The van der Waals surface area contributed by atoms with Gasteiger partial charge in [-0.1, -0.05) is 12.1 Å². The molecule has 0 saturated carbocycles. The van der Waals surface area contributed by atoms with Crippen molar-refractivity contribution in [3.8, 4) is 6.07 Å². The van der Waals surface area contributed by atoms with Gasteiger partial charge in [-0.3, -0.25) is 4.79 Å². The van der Waals surface area contributed by atoms with E-state index in [-0.39, 0.29) is 12.2 Å². The topological polar surface area (TPSA) is 67.2 Å². The fourth-order valence-electron chi connectivity index (χ4n) is 1.20. The van der Waals surface area contributed by atoms with Crippen LogP contribution in [-0.4, -0.2) is 18.4 Å². The molecule has 0 aliphatic heterocycles. The summed E-state index contributed by atoms with van der Waals surface area (Å²) >= 11 is 0. The van der Waals surface area contributed by atoms with Crippen molar-refractivity contribution in [3.05, 3.63) is 34.9 Å². The lowest BCUT2D eigenvalue weighted by atomic mass is 10.0. The molecule has 0 spiro atoms. The van der Waals surface area contributed by atoms with Gasteiger partial charge in [0, 0.05) is 5.56 Å². The van der Waals surface area contributed by atoms with Gasteiger partial charge in [0.25, 0.3) is 5.78 Å². The van der Waals surface area contributed by atoms with E-state index < -0.39 is 11.8 Å². The predicted octanol–water partition coefficient (Wildman–Crippen LogP) is 1.61. The van der Waals surface area contributed by atoms with E-state index in [0.717, 1.165) is 5.56 Å². The highest BCUT2D eigenvalue weighted by molar-refractivity contribution is 6.40. The lowest BCUT2D eigenvalue weighted by Crippen LogP contribution is -2.17. The molecule has 0 bridgehead atoms. The van der Waals surface area contributed by atoms with E-state index in [0.29, 0.717) is 5.56 Å². The van der Waals surface area contributed by atoms with Gasteiger partial charge in [-0.2, -0.15) is 5.26 Å². The van der Waals surface area contributed by atoms with Crippen LogP contribution in [0.15, 0.2) is 18.2 Å². The SMILES string of the molecule is CCOC(=O)C(=O)c1ccc(C)c(C#N)c1. The summed E-state index contributed by atoms with van der Waals surface area (Å²) in [7, 11) is 0. The number of carbonyl (C=O) groups excluding carboxylic acids is 2. The van der Waals surface area contributed by atoms with Crippen molar-refractivity contribution in [1.82, 2.24) is 0 Å². The molecule has 1 aromatic rings. The summed E-state index contributed by atoms with van der Waals surface area (Å²) in [5, 5.41) is 8.79. The van der Waals surface area contributed by atoms with E-state index in [9.17, 15) is 9.59 Å². The van der Waals surface area contributed by atoms with Crippen LogP contribution in [0.2, 0.25) is 0 Å². The van der Waals surface area contributed by atoms with Gasteiger partial charge in [0.15, 0.2) is 0 Å². The molecule has 0 amide bonds. The number of ketones is 1. The Morgan fingerprint density at radius 3 is 2.69 bits per heavy atom. The lowest BCUT2D eigenvalue weighted by Gasteiger charge is -2.02. The normalized spacial score (nSPS) is 9.31. The number of ether oxygens (including phenoxy) is 1. The van der Waals surface area contributed by atoms with Crippen LogP contribution in [0.3, 0.4) is 0 Å². The number of nitrogens with zero attached hydrogens (tertiary/aromatic N) is 1. The summed E-state index contributed by atoms with van der Waals surface area (Å²) < 4.78 is 4.59. The monoisotopic (exact) mass is 217 g/mol. The lowest BCUT2D eigenvalue weighted by molar-refractivity contribution is -0.137. The van der Waals surface area contributed by atoms with Crippen molar-refractivity contribution in [2.24, 2.45) is 0 Å². The van der Waals surface area contributed by atoms with Crippen LogP contribution in [0.4, 0.5) is 0 Å². The fourth-order valence-corrected chi connectivity index (χ4v) is 1.20. The van der Waals surface area contributed by atoms with E-state index in [2.05, 4.69) is 4.74 Å². The zero-order valence-corrected chi connectivity index (χ0v) is 9.11. The summed E-state index contributed by atoms with van der Waals surface area (Å²) in [6, 6.07) is 6.49. The van der Waals surface area contributed by atoms with Gasteiger partial charge in [0.1, 0.15) is 0 Å². The summed E-state index contributed by atoms with van der Waals surface area (Å²) in [5.74, 6) is -1.62. The Morgan fingerprint density at radius 1 is 1.44 bits per heavy atom. The number of hydrogen-bond acceptors (Lipinski definition) is 4. The Bertz CT molecular complexity index is 472. The van der Waals surface area contributed by atoms with Crippen molar-refractivity contribution in [2.75, 3.05) is 6.61 Å². The fraction of sp³-hybridized carbons (Fsp3) is 0.250. The van der Waals surface area contributed by atoms with Crippen molar-refractivity contribution >= 4 is 11.8 Å². The molecule has 16 heavy (non-hydrogen) atoms. The minimum atomic E-state index is -0.893. The first kappa shape index (κ1) is 11.9. The van der Waals surface area contributed by atoms with Crippen LogP contribution in [-0.2, 0) is 9.53 Å². The van der Waals surface area contributed by atoms with E-state index in [1.165, 1.54) is 12.1 Å². The van der Waals surface area contributed by atoms with Gasteiger partial charge in [-0.05, 0) is 25.5 Å². The molecular weight excluding hydrogens is 206 g/mol. The minimum absolute atomic E-state index is 0.154. The third-order valence-electron chi connectivity index (χ3n) is 2.08. The quantitative estimate of drug-likeness (QED) is 0.438. The van der Waals surface area contributed by atoms with Crippen molar-refractivity contribution < 1.29 is 14.3 Å². The van der Waals surface area contributed by atoms with E-state index in [1.54, 1.807) is 19.9 Å². The third kappa shape index (κ3) is 2.45. The second-order valence-electron chi connectivity index (χ2n) is 3.19. The first-order valence-corrected chi connectivity index (χ1v) is 4.82. The Hall–Kier alpha value is -2.15. The second-order valence-corrected chi connectivity index (χ2v) is 3.19. The van der Waals surface area contributed by atoms with Crippen LogP contribution in [0, 0.1) is 18.3 Å². The molecule has 1 aromatic carbocycles. The summed E-state index contributed by atoms with van der Waals surface area (Å²) in [6.07, 6.45) is 0. The summed E-state index contributed by atoms with van der Waals surface area (Å²) in [5.41, 5.74) is 1.33. The third-order valence-corrected chi connectivity index (χ3v) is 2.08. The number of Topliss-reactive ketones (excluding diaryl/α,β-unsaturated/α-hetero) is 1. The predicted molar refractivity (Wildman–Crippen MR) is 56.9 cm³/mol. The molecular formula is C12H11NO3. The van der Waals surface area contributed by atoms with Gasteiger partial charge in [-0.25, -0.2) is 4.79 Å². The van der Waals surface area contributed by atoms with Gasteiger partial charge >= 0.3 is 5.97 Å². The molecule has 0 aliphatic carbocycles. The van der Waals surface area contributed by atoms with Crippen molar-refractivity contribution in [1.29, 1.82) is 5.26 Å². The summed E-state index contributed by atoms with van der Waals surface area (Å²) in [6.45, 7) is 3.54. The highest BCUT2D eigenvalue weighted by Crippen LogP contribution is 2.11. The molecule has 4 nitrogen and oxygen atoms in total. The smallest absolute Gasteiger partial charge is 0.379 e. The average Bonchev–Trinajstić information content (AvgIpc) is 2.29. The second kappa shape index (κ2) is 5.08. The zero-order valence-electron chi connectivity index (χ0n) is 9.11. The largest absolute Gasteiger partial charge is 0.460 e. The highest BCUT2D eigenvalue weighted by Gasteiger charge is 2.17. The number of hydrogen-bond donors (Lipinski definition) is 0. The molecule has 0 saturated heterocycles. The van der Waals surface area contributed by atoms with Gasteiger partial charge in [-0.15, -0.1) is 0 Å². The Balaban J connectivity index is 3.02. The first-order chi connectivity index (χ1) is 7.60. The Labute approximate surface area is 93.5 Å². The number of benzene rings is 1. The number of aryl methyl sites for hydroxylation is 1. The number of carbonyl (C=O) groups is 2. The first-order valence-electron chi connectivity index (χ1n) is 4.82. The molecule has 0 radical (unpaired) electrons. The van der Waals surface area contributed by atoms with Crippen LogP contribution in [0.25, 0.3) is 0 Å². The number of nitriles is 1. The molecule has 0 atom stereocenters. The Morgan fingerprint density at radius 2 is 2.12 bits per heavy atom. The van der Waals surface area contributed by atoms with Gasteiger partial charge in [0.05, 0.1) is 18.2 Å². The maximum Gasteiger partial charge on any atom is 0.379 e. The molecule has 0 unspecified atom stereocenters. The van der Waals surface area contributed by atoms with Crippen molar-refractivity contribution in [3.63, 3.8) is 0 Å². The van der Waals surface area contributed by atoms with E-state index >= 15 is 0 Å². The number of esters is 1. The minimum Gasteiger partial charge on any atom is -0.460 e. The van der Waals surface area contributed by atoms with Crippen LogP contribution < -0.4 is 0 Å². The molecule has 4 heteroatoms. The molecule has 0 aliphatic rings. The zero-order chi connectivity index (χ0) is 12.1. The molecule has 0 N–H and O–H groups in total. The molecule has 0 aromatic heterocycles. The maximum absolute atomic E-state index is 11.5. The standard InChI is InChI=1S/C12H11NO3/c1-3-16-12(15)11(14)9-5-4-8(2)10(6-9)7-13/h4-6H,3H2,1-2H3. The van der Waals surface area contributed by atoms with Crippen LogP contribution in [0.1, 0.15) is 28.4 Å². The molecule has 1 rings (SSSR count). The van der Waals surface area contributed by atoms with Crippen molar-refractivity contribution in [2.45, 2.75) is 13.8 Å². The molecule has 0 heterocycles.